The maximum atomic E-state index is 6.37. The summed E-state index contributed by atoms with van der Waals surface area (Å²) in [5.74, 6) is 0.566. The van der Waals surface area contributed by atoms with Crippen LogP contribution in [0.1, 0.15) is 25.1 Å². The van der Waals surface area contributed by atoms with Gasteiger partial charge in [-0.05, 0) is 36.8 Å². The highest BCUT2D eigenvalue weighted by Crippen LogP contribution is 2.35. The number of hydrogen-bond acceptors (Lipinski definition) is 6. The number of nitrogens with two attached hydrogens (primary N) is 1. The lowest BCUT2D eigenvalue weighted by Gasteiger charge is -2.26. The largest absolute Gasteiger partial charge is 0.474 e. The van der Waals surface area contributed by atoms with E-state index in [1.165, 1.54) is 0 Å². The molecule has 35 heavy (non-hydrogen) atoms. The maximum absolute atomic E-state index is 6.37. The summed E-state index contributed by atoms with van der Waals surface area (Å²) >= 11 is 0. The number of ether oxygens (including phenoxy) is 1. The first kappa shape index (κ1) is 22.5. The second-order valence-corrected chi connectivity index (χ2v) is 9.23. The first-order valence-electron chi connectivity index (χ1n) is 11.6. The molecule has 6 nitrogen and oxygen atoms in total. The summed E-state index contributed by atoms with van der Waals surface area (Å²) in [5, 5.41) is 1.02. The Morgan fingerprint density at radius 1 is 0.800 bits per heavy atom. The van der Waals surface area contributed by atoms with E-state index in [2.05, 4.69) is 42.9 Å². The fraction of sp³-hybridized carbons (Fsp3) is 0.172. The Bertz CT molecular complexity index is 1500. The minimum Gasteiger partial charge on any atom is -0.474 e. The molecule has 2 aromatic carbocycles. The van der Waals surface area contributed by atoms with Crippen molar-refractivity contribution in [2.75, 3.05) is 12.3 Å². The van der Waals surface area contributed by atoms with Gasteiger partial charge in [0.15, 0.2) is 5.82 Å². The van der Waals surface area contributed by atoms with E-state index in [1.807, 2.05) is 60.7 Å². The molecule has 2 N–H and O–H groups in total. The lowest BCUT2D eigenvalue weighted by molar-refractivity contribution is 0.229. The lowest BCUT2D eigenvalue weighted by atomic mass is 9.87. The number of nitrogens with zero attached hydrogens (tertiary/aromatic N) is 4. The van der Waals surface area contributed by atoms with E-state index >= 15 is 0 Å². The standard InChI is InChI=1S/C29H27N5O/c1-19-9-7-16-32-26(19)29(2,3)18-35-28-27(30)33-24(20-10-5-4-6-11-20)25(34-28)22-13-14-23-21(17-22)12-8-15-31-23/h4-17H,18H2,1-3H3,(H2,30,33). The van der Waals surface area contributed by atoms with Gasteiger partial charge in [-0.15, -0.1) is 0 Å². The number of fused-ring (bicyclic) bond motifs is 1. The van der Waals surface area contributed by atoms with E-state index in [1.54, 1.807) is 12.4 Å². The van der Waals surface area contributed by atoms with Crippen LogP contribution in [-0.4, -0.2) is 26.5 Å². The lowest BCUT2D eigenvalue weighted by Crippen LogP contribution is -2.29. The summed E-state index contributed by atoms with van der Waals surface area (Å²) in [4.78, 5) is 18.7. The molecular formula is C29H27N5O. The van der Waals surface area contributed by atoms with Crippen molar-refractivity contribution in [2.45, 2.75) is 26.2 Å². The third-order valence-electron chi connectivity index (χ3n) is 6.03. The van der Waals surface area contributed by atoms with Crippen molar-refractivity contribution in [3.05, 3.63) is 96.4 Å². The number of rotatable bonds is 6. The van der Waals surface area contributed by atoms with Crippen LogP contribution in [-0.2, 0) is 5.41 Å². The van der Waals surface area contributed by atoms with Gasteiger partial charge in [-0.1, -0.05) is 62.4 Å². The number of benzene rings is 2. The molecule has 6 heteroatoms. The van der Waals surface area contributed by atoms with Gasteiger partial charge in [0, 0.05) is 34.3 Å². The monoisotopic (exact) mass is 461 g/mol. The zero-order valence-corrected chi connectivity index (χ0v) is 20.1. The summed E-state index contributed by atoms with van der Waals surface area (Å²) < 4.78 is 6.20. The molecule has 0 fully saturated rings. The molecule has 174 valence electrons. The molecule has 3 heterocycles. The quantitative estimate of drug-likeness (QED) is 0.334. The van der Waals surface area contributed by atoms with E-state index in [-0.39, 0.29) is 11.2 Å². The first-order chi connectivity index (χ1) is 16.9. The molecule has 0 aliphatic carbocycles. The Balaban J connectivity index is 1.57. The SMILES string of the molecule is Cc1cccnc1C(C)(C)COc1nc(-c2ccc3ncccc3c2)c(-c2ccccc2)nc1N. The minimum atomic E-state index is -0.341. The second kappa shape index (κ2) is 9.14. The molecule has 0 saturated heterocycles. The van der Waals surface area contributed by atoms with Crippen molar-refractivity contribution in [1.29, 1.82) is 0 Å². The van der Waals surface area contributed by atoms with Gasteiger partial charge in [0.25, 0.3) is 5.88 Å². The van der Waals surface area contributed by atoms with Crippen molar-refractivity contribution in [3.8, 4) is 28.4 Å². The van der Waals surface area contributed by atoms with Gasteiger partial charge in [0.2, 0.25) is 0 Å². The Morgan fingerprint density at radius 2 is 1.54 bits per heavy atom. The number of aryl methyl sites for hydroxylation is 1. The van der Waals surface area contributed by atoms with Gasteiger partial charge in [0.1, 0.15) is 12.3 Å². The average molecular weight is 462 g/mol. The number of hydrogen-bond donors (Lipinski definition) is 1. The highest BCUT2D eigenvalue weighted by molar-refractivity contribution is 5.87. The van der Waals surface area contributed by atoms with Crippen molar-refractivity contribution in [2.24, 2.45) is 0 Å². The van der Waals surface area contributed by atoms with Crippen molar-refractivity contribution < 1.29 is 4.74 Å². The summed E-state index contributed by atoms with van der Waals surface area (Å²) in [5.41, 5.74) is 12.3. The van der Waals surface area contributed by atoms with Crippen molar-refractivity contribution in [1.82, 2.24) is 19.9 Å². The third-order valence-corrected chi connectivity index (χ3v) is 6.03. The van der Waals surface area contributed by atoms with Crippen LogP contribution < -0.4 is 10.5 Å². The molecule has 0 aliphatic rings. The number of nitrogen functional groups attached to an aromatic ring is 1. The third kappa shape index (κ3) is 4.55. The molecule has 5 rings (SSSR count). The van der Waals surface area contributed by atoms with Gasteiger partial charge in [0.05, 0.1) is 16.9 Å². The molecule has 5 aromatic rings. The molecular weight excluding hydrogens is 434 g/mol. The molecule has 0 amide bonds. The van der Waals surface area contributed by atoms with E-state index in [0.717, 1.165) is 33.3 Å². The molecule has 0 spiro atoms. The Morgan fingerprint density at radius 3 is 2.34 bits per heavy atom. The van der Waals surface area contributed by atoms with Gasteiger partial charge in [-0.2, -0.15) is 0 Å². The number of aromatic nitrogens is 4. The van der Waals surface area contributed by atoms with Gasteiger partial charge in [-0.25, -0.2) is 9.97 Å². The van der Waals surface area contributed by atoms with Crippen LogP contribution in [0.5, 0.6) is 5.88 Å². The predicted octanol–water partition coefficient (Wildman–Crippen LogP) is 6.00. The predicted molar refractivity (Wildman–Crippen MR) is 140 cm³/mol. The fourth-order valence-corrected chi connectivity index (χ4v) is 4.27. The van der Waals surface area contributed by atoms with Crippen molar-refractivity contribution in [3.63, 3.8) is 0 Å². The molecule has 0 radical (unpaired) electrons. The maximum Gasteiger partial charge on any atom is 0.257 e. The second-order valence-electron chi connectivity index (χ2n) is 9.23. The Kier molecular flexibility index (Phi) is 5.87. The van der Waals surface area contributed by atoms with Gasteiger partial charge >= 0.3 is 0 Å². The molecule has 0 bridgehead atoms. The van der Waals surface area contributed by atoms with Crippen LogP contribution in [0, 0.1) is 6.92 Å². The Labute approximate surface area is 204 Å². The summed E-state index contributed by atoms with van der Waals surface area (Å²) in [6.07, 6.45) is 3.59. The summed E-state index contributed by atoms with van der Waals surface area (Å²) in [7, 11) is 0. The van der Waals surface area contributed by atoms with Crippen LogP contribution in [0.2, 0.25) is 0 Å². The summed E-state index contributed by atoms with van der Waals surface area (Å²) in [6.45, 7) is 6.61. The minimum absolute atomic E-state index is 0.253. The topological polar surface area (TPSA) is 86.8 Å². The van der Waals surface area contributed by atoms with E-state index in [4.69, 9.17) is 20.4 Å². The zero-order chi connectivity index (χ0) is 24.4. The average Bonchev–Trinajstić information content (AvgIpc) is 2.88. The van der Waals surface area contributed by atoms with E-state index in [0.29, 0.717) is 23.9 Å². The first-order valence-corrected chi connectivity index (χ1v) is 11.6. The van der Waals surface area contributed by atoms with E-state index in [9.17, 15) is 0 Å². The van der Waals surface area contributed by atoms with Crippen LogP contribution in [0.15, 0.2) is 85.2 Å². The fourth-order valence-electron chi connectivity index (χ4n) is 4.27. The smallest absolute Gasteiger partial charge is 0.257 e. The number of anilines is 1. The molecule has 0 saturated carbocycles. The summed E-state index contributed by atoms with van der Waals surface area (Å²) in [6, 6.07) is 24.0. The molecule has 0 aliphatic heterocycles. The molecule has 0 atom stereocenters. The van der Waals surface area contributed by atoms with Crippen molar-refractivity contribution >= 4 is 16.7 Å². The van der Waals surface area contributed by atoms with Crippen LogP contribution in [0.25, 0.3) is 33.4 Å². The number of pyridine rings is 2. The van der Waals surface area contributed by atoms with Gasteiger partial charge < -0.3 is 10.5 Å². The Hall–Kier alpha value is -4.32. The highest BCUT2D eigenvalue weighted by atomic mass is 16.5. The highest BCUT2D eigenvalue weighted by Gasteiger charge is 2.26. The molecule has 3 aromatic heterocycles. The normalized spacial score (nSPS) is 11.5. The molecule has 0 unspecified atom stereocenters. The van der Waals surface area contributed by atoms with Crippen LogP contribution >= 0.6 is 0 Å². The van der Waals surface area contributed by atoms with Crippen LogP contribution in [0.4, 0.5) is 5.82 Å². The zero-order valence-electron chi connectivity index (χ0n) is 20.1. The van der Waals surface area contributed by atoms with Crippen LogP contribution in [0.3, 0.4) is 0 Å². The van der Waals surface area contributed by atoms with E-state index < -0.39 is 0 Å². The van der Waals surface area contributed by atoms with Gasteiger partial charge in [-0.3, -0.25) is 9.97 Å².